The van der Waals surface area contributed by atoms with E-state index in [2.05, 4.69) is 10.3 Å². The number of pyridine rings is 1. The van der Waals surface area contributed by atoms with E-state index in [0.717, 1.165) is 5.69 Å². The Bertz CT molecular complexity index is 331. The van der Waals surface area contributed by atoms with Gasteiger partial charge in [-0.05, 0) is 19.1 Å². The number of hydrogen-bond acceptors (Lipinski definition) is 4. The summed E-state index contributed by atoms with van der Waals surface area (Å²) in [5, 5.41) is 3.41. The predicted octanol–water partition coefficient (Wildman–Crippen LogP) is 2.10. The zero-order valence-electron chi connectivity index (χ0n) is 8.50. The van der Waals surface area contributed by atoms with Gasteiger partial charge in [0.05, 0.1) is 18.7 Å². The molecule has 0 aliphatic rings. The van der Waals surface area contributed by atoms with Crippen molar-refractivity contribution in [3.05, 3.63) is 23.5 Å². The average molecular weight is 229 g/mol. The van der Waals surface area contributed by atoms with Crippen molar-refractivity contribution in [1.82, 2.24) is 4.98 Å². The highest BCUT2D eigenvalue weighted by Crippen LogP contribution is 2.16. The summed E-state index contributed by atoms with van der Waals surface area (Å²) in [6, 6.07) is 3.58. The number of anilines is 1. The fraction of sp³-hybridized carbons (Fsp3) is 0.400. The first-order valence-electron chi connectivity index (χ1n) is 4.74. The van der Waals surface area contributed by atoms with Crippen LogP contribution >= 0.6 is 11.6 Å². The summed E-state index contributed by atoms with van der Waals surface area (Å²) in [6.45, 7) is 2.68. The molecule has 0 saturated heterocycles. The Balaban J connectivity index is 2.32. The number of carbonyl (C=O) groups is 1. The second-order valence-electron chi connectivity index (χ2n) is 2.82. The van der Waals surface area contributed by atoms with Crippen LogP contribution in [0.2, 0.25) is 5.15 Å². The highest BCUT2D eigenvalue weighted by atomic mass is 35.5. The lowest BCUT2D eigenvalue weighted by molar-refractivity contribution is -0.142. The Hall–Kier alpha value is -1.29. The molecule has 0 fully saturated rings. The van der Waals surface area contributed by atoms with Gasteiger partial charge in [-0.25, -0.2) is 4.98 Å². The normalized spacial score (nSPS) is 9.73. The third-order valence-electron chi connectivity index (χ3n) is 1.71. The monoisotopic (exact) mass is 228 g/mol. The molecule has 15 heavy (non-hydrogen) atoms. The summed E-state index contributed by atoms with van der Waals surface area (Å²) in [5.41, 5.74) is 0.725. The van der Waals surface area contributed by atoms with Crippen LogP contribution in [0.1, 0.15) is 13.3 Å². The number of halogens is 1. The lowest BCUT2D eigenvalue weighted by Crippen LogP contribution is -2.11. The second kappa shape index (κ2) is 6.24. The minimum Gasteiger partial charge on any atom is -0.466 e. The zero-order chi connectivity index (χ0) is 11.1. The molecule has 0 aliphatic heterocycles. The van der Waals surface area contributed by atoms with Crippen LogP contribution in [0.3, 0.4) is 0 Å². The van der Waals surface area contributed by atoms with E-state index in [1.165, 1.54) is 0 Å². The maximum Gasteiger partial charge on any atom is 0.307 e. The van der Waals surface area contributed by atoms with E-state index < -0.39 is 0 Å². The average Bonchev–Trinajstić information content (AvgIpc) is 2.21. The highest BCUT2D eigenvalue weighted by Gasteiger charge is 2.02. The molecule has 0 atom stereocenters. The van der Waals surface area contributed by atoms with Crippen LogP contribution < -0.4 is 5.32 Å². The molecule has 0 amide bonds. The van der Waals surface area contributed by atoms with Crippen LogP contribution in [0.4, 0.5) is 5.69 Å². The minimum absolute atomic E-state index is 0.218. The Labute approximate surface area is 93.6 Å². The molecule has 0 saturated carbocycles. The van der Waals surface area contributed by atoms with E-state index in [1.54, 1.807) is 25.3 Å². The molecule has 4 nitrogen and oxygen atoms in total. The van der Waals surface area contributed by atoms with Gasteiger partial charge < -0.3 is 10.1 Å². The molecule has 0 bridgehead atoms. The van der Waals surface area contributed by atoms with E-state index in [-0.39, 0.29) is 5.97 Å². The Kier molecular flexibility index (Phi) is 4.90. The van der Waals surface area contributed by atoms with Gasteiger partial charge in [0.1, 0.15) is 0 Å². The first kappa shape index (κ1) is 11.8. The maximum absolute atomic E-state index is 11.0. The van der Waals surface area contributed by atoms with E-state index >= 15 is 0 Å². The van der Waals surface area contributed by atoms with Crippen LogP contribution in [-0.4, -0.2) is 24.1 Å². The molecule has 82 valence electrons. The van der Waals surface area contributed by atoms with Crippen molar-refractivity contribution < 1.29 is 9.53 Å². The molecule has 1 rings (SSSR count). The number of nitrogens with one attached hydrogen (secondary N) is 1. The Morgan fingerprint density at radius 2 is 2.47 bits per heavy atom. The van der Waals surface area contributed by atoms with Gasteiger partial charge in [0.15, 0.2) is 5.15 Å². The van der Waals surface area contributed by atoms with Gasteiger partial charge in [-0.3, -0.25) is 4.79 Å². The van der Waals surface area contributed by atoms with Gasteiger partial charge in [0.2, 0.25) is 0 Å². The lowest BCUT2D eigenvalue weighted by Gasteiger charge is -2.06. The molecular weight excluding hydrogens is 216 g/mol. The predicted molar refractivity (Wildman–Crippen MR) is 59.0 cm³/mol. The zero-order valence-corrected chi connectivity index (χ0v) is 9.25. The summed E-state index contributed by atoms with van der Waals surface area (Å²) in [5.74, 6) is -0.218. The first-order valence-corrected chi connectivity index (χ1v) is 5.12. The van der Waals surface area contributed by atoms with Gasteiger partial charge >= 0.3 is 5.97 Å². The van der Waals surface area contributed by atoms with Crippen molar-refractivity contribution >= 4 is 23.3 Å². The van der Waals surface area contributed by atoms with E-state index in [1.807, 2.05) is 0 Å². The van der Waals surface area contributed by atoms with E-state index in [4.69, 9.17) is 16.3 Å². The van der Waals surface area contributed by atoms with Gasteiger partial charge in [-0.15, -0.1) is 0 Å². The van der Waals surface area contributed by atoms with Crippen LogP contribution in [0, 0.1) is 0 Å². The second-order valence-corrected chi connectivity index (χ2v) is 3.18. The molecular formula is C10H13ClN2O2. The van der Waals surface area contributed by atoms with Crippen molar-refractivity contribution in [3.63, 3.8) is 0 Å². The van der Waals surface area contributed by atoms with Gasteiger partial charge in [0.25, 0.3) is 0 Å². The number of carbonyl (C=O) groups excluding carboxylic acids is 1. The summed E-state index contributed by atoms with van der Waals surface area (Å²) in [7, 11) is 0. The fourth-order valence-electron chi connectivity index (χ4n) is 1.05. The van der Waals surface area contributed by atoms with Crippen LogP contribution in [0.25, 0.3) is 0 Å². The molecule has 0 aliphatic carbocycles. The number of ether oxygens (including phenoxy) is 1. The molecule has 1 N–H and O–H groups in total. The van der Waals surface area contributed by atoms with Crippen molar-refractivity contribution in [2.75, 3.05) is 18.5 Å². The summed E-state index contributed by atoms with van der Waals surface area (Å²) >= 11 is 5.81. The van der Waals surface area contributed by atoms with E-state index in [9.17, 15) is 4.79 Å². The molecule has 0 unspecified atom stereocenters. The summed E-state index contributed by atoms with van der Waals surface area (Å²) in [6.07, 6.45) is 1.93. The fourth-order valence-corrected chi connectivity index (χ4v) is 1.24. The minimum atomic E-state index is -0.218. The largest absolute Gasteiger partial charge is 0.466 e. The van der Waals surface area contributed by atoms with Crippen LogP contribution in [0.15, 0.2) is 18.3 Å². The highest BCUT2D eigenvalue weighted by molar-refractivity contribution is 6.31. The Morgan fingerprint density at radius 3 is 3.13 bits per heavy atom. The third-order valence-corrected chi connectivity index (χ3v) is 2.01. The number of hydrogen-bond donors (Lipinski definition) is 1. The van der Waals surface area contributed by atoms with Crippen molar-refractivity contribution in [2.45, 2.75) is 13.3 Å². The Morgan fingerprint density at radius 1 is 1.67 bits per heavy atom. The molecule has 0 radical (unpaired) electrons. The maximum atomic E-state index is 11.0. The molecule has 1 aromatic rings. The first-order chi connectivity index (χ1) is 7.24. The van der Waals surface area contributed by atoms with Gasteiger partial charge in [-0.1, -0.05) is 11.6 Å². The topological polar surface area (TPSA) is 51.2 Å². The number of aromatic nitrogens is 1. The van der Waals surface area contributed by atoms with E-state index in [0.29, 0.717) is 24.7 Å². The van der Waals surface area contributed by atoms with Crippen molar-refractivity contribution in [3.8, 4) is 0 Å². The molecule has 1 aromatic heterocycles. The SMILES string of the molecule is CCOC(=O)CCNc1cccnc1Cl. The van der Waals surface area contributed by atoms with Gasteiger partial charge in [0, 0.05) is 12.7 Å². The van der Waals surface area contributed by atoms with Crippen LogP contribution in [-0.2, 0) is 9.53 Å². The molecule has 5 heteroatoms. The number of rotatable bonds is 5. The summed E-state index contributed by atoms with van der Waals surface area (Å²) in [4.78, 5) is 14.9. The summed E-state index contributed by atoms with van der Waals surface area (Å²) < 4.78 is 4.78. The molecule has 0 aromatic carbocycles. The van der Waals surface area contributed by atoms with Crippen molar-refractivity contribution in [1.29, 1.82) is 0 Å². The standard InChI is InChI=1S/C10H13ClN2O2/c1-2-15-9(14)5-7-12-8-4-3-6-13-10(8)11/h3-4,6,12H,2,5,7H2,1H3. The van der Waals surface area contributed by atoms with Crippen molar-refractivity contribution in [2.24, 2.45) is 0 Å². The lowest BCUT2D eigenvalue weighted by atomic mass is 10.4. The third kappa shape index (κ3) is 4.16. The number of nitrogens with zero attached hydrogens (tertiary/aromatic N) is 1. The molecule has 0 spiro atoms. The quantitative estimate of drug-likeness (QED) is 0.620. The van der Waals surface area contributed by atoms with Crippen LogP contribution in [0.5, 0.6) is 0 Å². The smallest absolute Gasteiger partial charge is 0.307 e. The molecule has 1 heterocycles. The van der Waals surface area contributed by atoms with Gasteiger partial charge in [-0.2, -0.15) is 0 Å². The number of esters is 1.